The average molecular weight is 297 g/mol. The molecule has 21 heavy (non-hydrogen) atoms. The van der Waals surface area contributed by atoms with Crippen LogP contribution in [0.5, 0.6) is 0 Å². The van der Waals surface area contributed by atoms with Gasteiger partial charge in [0.15, 0.2) is 0 Å². The highest BCUT2D eigenvalue weighted by Crippen LogP contribution is 2.12. The van der Waals surface area contributed by atoms with Gasteiger partial charge in [0.2, 0.25) is 11.8 Å². The van der Waals surface area contributed by atoms with Gasteiger partial charge in [-0.25, -0.2) is 0 Å². The van der Waals surface area contributed by atoms with E-state index in [4.69, 9.17) is 4.74 Å². The molecule has 0 aliphatic carbocycles. The number of hydrogen-bond donors (Lipinski definition) is 2. The van der Waals surface area contributed by atoms with Crippen LogP contribution in [0.15, 0.2) is 0 Å². The molecule has 2 saturated heterocycles. The number of carbonyl (C=O) groups is 2. The maximum Gasteiger partial charge on any atom is 0.224 e. The van der Waals surface area contributed by atoms with Crippen LogP contribution < -0.4 is 10.6 Å². The zero-order valence-corrected chi connectivity index (χ0v) is 12.9. The van der Waals surface area contributed by atoms with Crippen LogP contribution in [0, 0.1) is 0 Å². The summed E-state index contributed by atoms with van der Waals surface area (Å²) in [6, 6.07) is 0.220. The van der Waals surface area contributed by atoms with E-state index in [1.807, 2.05) is 4.90 Å². The Morgan fingerprint density at radius 1 is 1.19 bits per heavy atom. The highest BCUT2D eigenvalue weighted by molar-refractivity contribution is 5.76. The smallest absolute Gasteiger partial charge is 0.224 e. The summed E-state index contributed by atoms with van der Waals surface area (Å²) in [6.07, 6.45) is 4.55. The Kier molecular flexibility index (Phi) is 6.45. The fraction of sp³-hybridized carbons (Fsp3) is 0.867. The second-order valence-corrected chi connectivity index (χ2v) is 5.93. The molecule has 2 rings (SSSR count). The lowest BCUT2D eigenvalue weighted by Gasteiger charge is -2.32. The summed E-state index contributed by atoms with van der Waals surface area (Å²) in [4.78, 5) is 25.0. The molecule has 0 atom stereocenters. The minimum atomic E-state index is 0.00940. The van der Waals surface area contributed by atoms with Crippen molar-refractivity contribution in [1.29, 1.82) is 0 Å². The van der Waals surface area contributed by atoms with E-state index in [-0.39, 0.29) is 17.9 Å². The number of hydrogen-bond acceptors (Lipinski definition) is 4. The van der Waals surface area contributed by atoms with Crippen molar-refractivity contribution in [2.75, 3.05) is 32.8 Å². The number of ether oxygens (including phenoxy) is 1. The van der Waals surface area contributed by atoms with Gasteiger partial charge in [0, 0.05) is 26.1 Å². The average Bonchev–Trinajstić information content (AvgIpc) is 2.48. The van der Waals surface area contributed by atoms with Gasteiger partial charge in [-0.05, 0) is 38.8 Å². The first-order valence-corrected chi connectivity index (χ1v) is 8.02. The van der Waals surface area contributed by atoms with Gasteiger partial charge in [0.25, 0.3) is 0 Å². The molecule has 6 nitrogen and oxygen atoms in total. The molecule has 0 aromatic rings. The van der Waals surface area contributed by atoms with E-state index in [9.17, 15) is 9.59 Å². The third-order valence-corrected chi connectivity index (χ3v) is 4.21. The van der Waals surface area contributed by atoms with Crippen LogP contribution in [-0.4, -0.2) is 61.6 Å². The summed E-state index contributed by atoms with van der Waals surface area (Å²) < 4.78 is 5.77. The zero-order chi connectivity index (χ0) is 15.1. The van der Waals surface area contributed by atoms with Crippen molar-refractivity contribution in [3.63, 3.8) is 0 Å². The van der Waals surface area contributed by atoms with E-state index in [0.717, 1.165) is 51.9 Å². The minimum Gasteiger partial charge on any atom is -0.378 e. The van der Waals surface area contributed by atoms with Gasteiger partial charge in [0.05, 0.1) is 19.1 Å². The molecule has 2 amide bonds. The van der Waals surface area contributed by atoms with Gasteiger partial charge in [-0.1, -0.05) is 0 Å². The number of carbonyl (C=O) groups excluding carboxylic acids is 2. The van der Waals surface area contributed by atoms with E-state index < -0.39 is 0 Å². The van der Waals surface area contributed by atoms with Gasteiger partial charge in [-0.3, -0.25) is 9.59 Å². The summed E-state index contributed by atoms with van der Waals surface area (Å²) in [5.74, 6) is 0.181. The highest BCUT2D eigenvalue weighted by atomic mass is 16.5. The van der Waals surface area contributed by atoms with E-state index in [1.54, 1.807) is 0 Å². The fourth-order valence-electron chi connectivity index (χ4n) is 2.99. The minimum absolute atomic E-state index is 0.00940. The molecule has 2 heterocycles. The maximum absolute atomic E-state index is 12.1. The first-order chi connectivity index (χ1) is 10.1. The Morgan fingerprint density at radius 2 is 1.86 bits per heavy atom. The molecule has 2 aliphatic rings. The topological polar surface area (TPSA) is 70.7 Å². The summed E-state index contributed by atoms with van der Waals surface area (Å²) in [7, 11) is 0. The van der Waals surface area contributed by atoms with Crippen molar-refractivity contribution in [2.45, 2.75) is 51.2 Å². The molecule has 6 heteroatoms. The van der Waals surface area contributed by atoms with Gasteiger partial charge >= 0.3 is 0 Å². The molecular weight excluding hydrogens is 270 g/mol. The van der Waals surface area contributed by atoms with Crippen LogP contribution >= 0.6 is 0 Å². The lowest BCUT2D eigenvalue weighted by Crippen LogP contribution is -2.46. The molecule has 2 N–H and O–H groups in total. The van der Waals surface area contributed by atoms with E-state index >= 15 is 0 Å². The van der Waals surface area contributed by atoms with Crippen molar-refractivity contribution in [1.82, 2.24) is 15.5 Å². The largest absolute Gasteiger partial charge is 0.378 e. The monoisotopic (exact) mass is 297 g/mol. The molecule has 0 unspecified atom stereocenters. The lowest BCUT2D eigenvalue weighted by atomic mass is 10.0. The van der Waals surface area contributed by atoms with Crippen LogP contribution in [0.25, 0.3) is 0 Å². The molecule has 0 aromatic heterocycles. The Bertz CT molecular complexity index is 348. The van der Waals surface area contributed by atoms with Crippen molar-refractivity contribution in [2.24, 2.45) is 0 Å². The normalized spacial score (nSPS) is 21.3. The quantitative estimate of drug-likeness (QED) is 0.764. The van der Waals surface area contributed by atoms with Crippen LogP contribution in [0.1, 0.15) is 39.0 Å². The molecule has 0 aromatic carbocycles. The third kappa shape index (κ3) is 5.63. The summed E-state index contributed by atoms with van der Waals surface area (Å²) >= 11 is 0. The second kappa shape index (κ2) is 8.34. The molecule has 2 fully saturated rings. The Morgan fingerprint density at radius 3 is 2.48 bits per heavy atom. The number of nitrogens with one attached hydrogen (secondary N) is 2. The highest BCUT2D eigenvalue weighted by Gasteiger charge is 2.23. The molecule has 0 saturated carbocycles. The molecule has 120 valence electrons. The molecule has 2 aliphatic heterocycles. The first-order valence-electron chi connectivity index (χ1n) is 8.02. The molecular formula is C15H27N3O3. The lowest BCUT2D eigenvalue weighted by molar-refractivity contribution is -0.134. The zero-order valence-electron chi connectivity index (χ0n) is 12.9. The van der Waals surface area contributed by atoms with Crippen LogP contribution in [0.2, 0.25) is 0 Å². The van der Waals surface area contributed by atoms with Gasteiger partial charge in [-0.15, -0.1) is 0 Å². The number of rotatable bonds is 5. The molecule has 0 spiro atoms. The predicted molar refractivity (Wildman–Crippen MR) is 79.9 cm³/mol. The van der Waals surface area contributed by atoms with Crippen molar-refractivity contribution < 1.29 is 14.3 Å². The standard InChI is InChI=1S/C15H27N3O3/c1-12(19)17-13-4-9-18(10-5-13)15(20)6-11-21-14-2-7-16-8-3-14/h13-14,16H,2-11H2,1H3,(H,17,19). The first kappa shape index (κ1) is 16.2. The van der Waals surface area contributed by atoms with Gasteiger partial charge in [-0.2, -0.15) is 0 Å². The van der Waals surface area contributed by atoms with Crippen molar-refractivity contribution >= 4 is 11.8 Å². The van der Waals surface area contributed by atoms with E-state index in [0.29, 0.717) is 19.1 Å². The Balaban J connectivity index is 1.59. The van der Waals surface area contributed by atoms with Crippen molar-refractivity contribution in [3.8, 4) is 0 Å². The van der Waals surface area contributed by atoms with Crippen molar-refractivity contribution in [3.05, 3.63) is 0 Å². The van der Waals surface area contributed by atoms with Gasteiger partial charge in [0.1, 0.15) is 0 Å². The summed E-state index contributed by atoms with van der Waals surface area (Å²) in [5, 5.41) is 6.22. The van der Waals surface area contributed by atoms with Gasteiger partial charge < -0.3 is 20.3 Å². The SMILES string of the molecule is CC(=O)NC1CCN(C(=O)CCOC2CCNCC2)CC1. The summed E-state index contributed by atoms with van der Waals surface area (Å²) in [5.41, 5.74) is 0. The number of piperidine rings is 2. The third-order valence-electron chi connectivity index (χ3n) is 4.21. The predicted octanol–water partition coefficient (Wildman–Crippen LogP) is 0.272. The number of likely N-dealkylation sites (tertiary alicyclic amines) is 1. The van der Waals surface area contributed by atoms with Crippen LogP contribution in [0.4, 0.5) is 0 Å². The second-order valence-electron chi connectivity index (χ2n) is 5.93. The van der Waals surface area contributed by atoms with Crippen LogP contribution in [0.3, 0.4) is 0 Å². The van der Waals surface area contributed by atoms with Crippen LogP contribution in [-0.2, 0) is 14.3 Å². The maximum atomic E-state index is 12.1. The Hall–Kier alpha value is -1.14. The number of amides is 2. The fourth-order valence-corrected chi connectivity index (χ4v) is 2.99. The Labute approximate surface area is 126 Å². The molecule has 0 bridgehead atoms. The van der Waals surface area contributed by atoms with E-state index in [1.165, 1.54) is 6.92 Å². The molecule has 0 radical (unpaired) electrons. The number of nitrogens with zero attached hydrogens (tertiary/aromatic N) is 1. The van der Waals surface area contributed by atoms with E-state index in [2.05, 4.69) is 10.6 Å². The summed E-state index contributed by atoms with van der Waals surface area (Å²) in [6.45, 7) is 5.55.